The van der Waals surface area contributed by atoms with Crippen molar-refractivity contribution in [2.45, 2.75) is 99.7 Å². The minimum Gasteiger partial charge on any atom is -0.481 e. The minimum absolute atomic E-state index is 0.290. The quantitative estimate of drug-likeness (QED) is 0.0272. The molecule has 31 heteroatoms. The van der Waals surface area contributed by atoms with Crippen LogP contribution >= 0.6 is 50.5 Å². The third-order valence-electron chi connectivity index (χ3n) is 8.52. The van der Waals surface area contributed by atoms with E-state index in [1.165, 1.54) is 0 Å². The number of carbonyl (C=O) groups excluding carboxylic acids is 8. The van der Waals surface area contributed by atoms with Gasteiger partial charge in [-0.05, 0) is 25.7 Å². The van der Waals surface area contributed by atoms with Crippen molar-refractivity contribution in [2.75, 3.05) is 29.6 Å². The van der Waals surface area contributed by atoms with Gasteiger partial charge in [0.15, 0.2) is 0 Å². The summed E-state index contributed by atoms with van der Waals surface area (Å²) in [6, 6.07) is -12.7. The molecule has 0 heterocycles. The average molecular weight is 1000 g/mol. The summed E-state index contributed by atoms with van der Waals surface area (Å²) in [7, 11) is 0. The number of nitrogens with one attached hydrogen (secondary N) is 8. The van der Waals surface area contributed by atoms with Crippen LogP contribution in [0, 0.1) is 0 Å². The lowest BCUT2D eigenvalue weighted by atomic mass is 10.1. The molecule has 0 aliphatic heterocycles. The van der Waals surface area contributed by atoms with Gasteiger partial charge in [-0.25, -0.2) is 0 Å². The van der Waals surface area contributed by atoms with Crippen molar-refractivity contribution in [3.63, 3.8) is 0 Å². The molecule has 0 aliphatic carbocycles. The summed E-state index contributed by atoms with van der Waals surface area (Å²) in [5.41, 5.74) is 5.68. The summed E-state index contributed by atoms with van der Waals surface area (Å²) in [5.74, 6) is -17.3. The van der Waals surface area contributed by atoms with Crippen LogP contribution in [-0.2, 0) is 62.3 Å². The summed E-state index contributed by atoms with van der Waals surface area (Å²) in [4.78, 5) is 160. The molecule has 0 aromatic carbocycles. The summed E-state index contributed by atoms with van der Waals surface area (Å²) in [6.45, 7) is -0.813. The van der Waals surface area contributed by atoms with E-state index in [9.17, 15) is 77.6 Å². The number of hydrogen-bond donors (Lipinski definition) is 18. The fraction of sp³-hybridized carbons (Fsp3) is 0.618. The van der Waals surface area contributed by atoms with E-state index in [2.05, 4.69) is 87.7 Å². The number of amides is 8. The van der Waals surface area contributed by atoms with Gasteiger partial charge in [-0.1, -0.05) is 0 Å². The summed E-state index contributed by atoms with van der Waals surface area (Å²) in [5, 5.41) is 63.0. The highest BCUT2D eigenvalue weighted by Gasteiger charge is 2.34. The lowest BCUT2D eigenvalue weighted by molar-refractivity contribution is -0.139. The Hall–Kier alpha value is -5.53. The molecule has 0 unspecified atom stereocenters. The SMILES string of the molecule is N[C@@H](CCC(=O)O)C(=O)N[C@@H](CS)C(=O)N[C@@H](CCC(=O)O)C(=O)N[C@@H](CS)C(=O)N[C@@H](CCC(=O)O)C(=O)N[C@@H](CS)C(=O)N[C@@H](CCC(=O)O)C(=O)N[C@@H](CS)C(=O)NCC(=O)O. The van der Waals surface area contributed by atoms with E-state index in [1.54, 1.807) is 0 Å². The Morgan fingerprint density at radius 3 is 0.831 bits per heavy atom. The molecule has 0 saturated heterocycles. The van der Waals surface area contributed by atoms with Gasteiger partial charge in [-0.2, -0.15) is 50.5 Å². The highest BCUT2D eigenvalue weighted by molar-refractivity contribution is 7.80. The number of thiol groups is 4. The van der Waals surface area contributed by atoms with Crippen molar-refractivity contribution in [1.82, 2.24) is 42.5 Å². The van der Waals surface area contributed by atoms with Gasteiger partial charge < -0.3 is 73.8 Å². The van der Waals surface area contributed by atoms with E-state index in [0.717, 1.165) is 0 Å². The Kier molecular flexibility index (Phi) is 28.7. The third-order valence-corrected chi connectivity index (χ3v) is 9.98. The highest BCUT2D eigenvalue weighted by atomic mass is 32.1. The summed E-state index contributed by atoms with van der Waals surface area (Å²) in [6.07, 6.45) is -4.62. The predicted molar refractivity (Wildman–Crippen MR) is 235 cm³/mol. The van der Waals surface area contributed by atoms with Gasteiger partial charge in [0.1, 0.15) is 48.8 Å². The van der Waals surface area contributed by atoms with Crippen LogP contribution in [0.2, 0.25) is 0 Å². The molecule has 0 aromatic rings. The van der Waals surface area contributed by atoms with Gasteiger partial charge in [0, 0.05) is 48.7 Å². The predicted octanol–water partition coefficient (Wildman–Crippen LogP) is -5.91. The van der Waals surface area contributed by atoms with Gasteiger partial charge in [0.25, 0.3) is 0 Å². The lowest BCUT2D eigenvalue weighted by Gasteiger charge is -2.27. The fourth-order valence-corrected chi connectivity index (χ4v) is 6.02. The Morgan fingerprint density at radius 2 is 0.569 bits per heavy atom. The first-order valence-electron chi connectivity index (χ1n) is 19.1. The number of hydrogen-bond acceptors (Lipinski definition) is 18. The fourth-order valence-electron chi connectivity index (χ4n) is 4.99. The molecule has 0 spiro atoms. The van der Waals surface area contributed by atoms with E-state index < -0.39 is 188 Å². The number of carbonyl (C=O) groups is 13. The normalized spacial score (nSPS) is 14.4. The Balaban J connectivity index is 6.20. The van der Waals surface area contributed by atoms with Crippen molar-refractivity contribution in [3.8, 4) is 0 Å². The van der Waals surface area contributed by atoms with Gasteiger partial charge in [-0.15, -0.1) is 0 Å². The molecule has 0 rings (SSSR count). The zero-order valence-corrected chi connectivity index (χ0v) is 37.8. The van der Waals surface area contributed by atoms with E-state index in [4.69, 9.17) is 15.9 Å². The van der Waals surface area contributed by atoms with E-state index >= 15 is 0 Å². The van der Waals surface area contributed by atoms with Gasteiger partial charge in [-0.3, -0.25) is 62.3 Å². The molecular weight excluding hydrogens is 951 g/mol. The topological polar surface area (TPSA) is 445 Å². The molecule has 0 fully saturated rings. The van der Waals surface area contributed by atoms with E-state index in [0.29, 0.717) is 0 Å². The van der Waals surface area contributed by atoms with Crippen LogP contribution in [0.4, 0.5) is 0 Å². The van der Waals surface area contributed by atoms with Gasteiger partial charge in [0.2, 0.25) is 47.3 Å². The van der Waals surface area contributed by atoms with Crippen molar-refractivity contribution in [3.05, 3.63) is 0 Å². The Labute approximate surface area is 391 Å². The second-order valence-electron chi connectivity index (χ2n) is 13.6. The number of nitrogens with two attached hydrogens (primary N) is 1. The van der Waals surface area contributed by atoms with Crippen LogP contribution in [0.1, 0.15) is 51.4 Å². The zero-order valence-electron chi connectivity index (χ0n) is 34.2. The summed E-state index contributed by atoms with van der Waals surface area (Å²) < 4.78 is 0. The van der Waals surface area contributed by atoms with Crippen LogP contribution in [0.3, 0.4) is 0 Å². The Bertz CT molecular complexity index is 1760. The molecule has 8 atom stereocenters. The standard InChI is InChI=1S/C34H53N9O18S4/c35-14(1-5-22(44)45)27(54)40-19(11-63)32(59)37-16(3-7-24(48)49)30(57)42-21(13-65)34(61)39-17(4-8-25(50)51)31(58)43-20(12-64)33(60)38-15(2-6-23(46)47)29(56)41-18(10-62)28(55)36-9-26(52)53/h14-21,62-65H,1-13,35H2,(H,36,55)(H,37,59)(H,38,60)(H,39,61)(H,40,54)(H,41,56)(H,42,57)(H,43,58)(H,44,45)(H,46,47)(H,48,49)(H,50,51)(H,52,53)/t14-,15-,16-,17-,18-,19-,20-,21-/m0/s1. The molecule has 8 amide bonds. The molecule has 366 valence electrons. The number of aliphatic carboxylic acids is 5. The number of carboxylic acids is 5. The first-order chi connectivity index (χ1) is 30.4. The van der Waals surface area contributed by atoms with E-state index in [-0.39, 0.29) is 17.9 Å². The summed E-state index contributed by atoms with van der Waals surface area (Å²) >= 11 is 16.0. The van der Waals surface area contributed by atoms with Crippen molar-refractivity contribution in [1.29, 1.82) is 0 Å². The average Bonchev–Trinajstić information content (AvgIpc) is 3.24. The van der Waals surface area contributed by atoms with Crippen molar-refractivity contribution < 1.29 is 87.9 Å². The van der Waals surface area contributed by atoms with E-state index in [1.807, 2.05) is 5.32 Å². The highest BCUT2D eigenvalue weighted by Crippen LogP contribution is 2.07. The van der Waals surface area contributed by atoms with Crippen molar-refractivity contribution in [2.24, 2.45) is 5.73 Å². The largest absolute Gasteiger partial charge is 0.481 e. The van der Waals surface area contributed by atoms with Crippen LogP contribution in [0.25, 0.3) is 0 Å². The van der Waals surface area contributed by atoms with Crippen LogP contribution in [-0.4, -0.2) is 181 Å². The minimum atomic E-state index is -1.76. The number of carboxylic acid groups (broad SMARTS) is 5. The molecule has 15 N–H and O–H groups in total. The maximum absolute atomic E-state index is 13.5. The molecular formula is C34H53N9O18S4. The van der Waals surface area contributed by atoms with Crippen LogP contribution < -0.4 is 48.3 Å². The van der Waals surface area contributed by atoms with Crippen molar-refractivity contribution >= 4 is 128 Å². The van der Waals surface area contributed by atoms with Gasteiger partial charge >= 0.3 is 29.8 Å². The second-order valence-corrected chi connectivity index (χ2v) is 15.1. The lowest BCUT2D eigenvalue weighted by Crippen LogP contribution is -2.61. The van der Waals surface area contributed by atoms with Crippen LogP contribution in [0.15, 0.2) is 0 Å². The maximum atomic E-state index is 13.5. The molecule has 0 bridgehead atoms. The molecule has 27 nitrogen and oxygen atoms in total. The monoisotopic (exact) mass is 1000 g/mol. The molecule has 0 radical (unpaired) electrons. The maximum Gasteiger partial charge on any atom is 0.322 e. The first-order valence-corrected chi connectivity index (χ1v) is 21.6. The smallest absolute Gasteiger partial charge is 0.322 e. The Morgan fingerprint density at radius 1 is 0.338 bits per heavy atom. The molecule has 0 aliphatic rings. The first kappa shape index (κ1) is 59.5. The zero-order chi connectivity index (χ0) is 50.0. The second kappa shape index (κ2) is 31.4. The number of rotatable bonds is 33. The van der Waals surface area contributed by atoms with Gasteiger partial charge in [0.05, 0.1) is 6.04 Å². The third kappa shape index (κ3) is 24.4. The molecule has 65 heavy (non-hydrogen) atoms. The molecule has 0 aromatic heterocycles. The van der Waals surface area contributed by atoms with Crippen LogP contribution in [0.5, 0.6) is 0 Å². The molecule has 0 saturated carbocycles.